The highest BCUT2D eigenvalue weighted by Crippen LogP contribution is 2.29. The SMILES string of the molecule is Cc1ccc(C(=O)N2CCN(c3ccc(NC(=O)c4ccco4)cc3C(=O)N3CCCC3)CC2)cc1. The average molecular weight is 487 g/mol. The predicted molar refractivity (Wildman–Crippen MR) is 138 cm³/mol. The van der Waals surface area contributed by atoms with Gasteiger partial charge in [-0.1, -0.05) is 17.7 Å². The Hall–Kier alpha value is -4.07. The molecular weight excluding hydrogens is 456 g/mol. The first-order chi connectivity index (χ1) is 17.5. The van der Waals surface area contributed by atoms with Gasteiger partial charge in [0.25, 0.3) is 17.7 Å². The highest BCUT2D eigenvalue weighted by Gasteiger charge is 2.28. The summed E-state index contributed by atoms with van der Waals surface area (Å²) in [7, 11) is 0. The summed E-state index contributed by atoms with van der Waals surface area (Å²) >= 11 is 0. The zero-order chi connectivity index (χ0) is 25.1. The van der Waals surface area contributed by atoms with E-state index in [9.17, 15) is 14.4 Å². The van der Waals surface area contributed by atoms with Gasteiger partial charge < -0.3 is 24.4 Å². The molecule has 0 radical (unpaired) electrons. The van der Waals surface area contributed by atoms with Gasteiger partial charge in [-0.25, -0.2) is 0 Å². The summed E-state index contributed by atoms with van der Waals surface area (Å²) < 4.78 is 5.18. The Morgan fingerprint density at radius 3 is 2.17 bits per heavy atom. The minimum atomic E-state index is -0.365. The van der Waals surface area contributed by atoms with Gasteiger partial charge in [-0.15, -0.1) is 0 Å². The smallest absolute Gasteiger partial charge is 0.291 e. The van der Waals surface area contributed by atoms with Crippen LogP contribution in [0, 0.1) is 6.92 Å². The molecule has 3 amide bonds. The second-order valence-electron chi connectivity index (χ2n) is 9.31. The number of piperazine rings is 1. The fourth-order valence-electron chi connectivity index (χ4n) is 4.78. The van der Waals surface area contributed by atoms with Crippen LogP contribution in [-0.2, 0) is 0 Å². The van der Waals surface area contributed by atoms with E-state index in [4.69, 9.17) is 4.42 Å². The van der Waals surface area contributed by atoms with Crippen molar-refractivity contribution in [3.05, 3.63) is 83.3 Å². The lowest BCUT2D eigenvalue weighted by atomic mass is 10.1. The van der Waals surface area contributed by atoms with Crippen LogP contribution in [0.4, 0.5) is 11.4 Å². The van der Waals surface area contributed by atoms with Crippen molar-refractivity contribution in [2.24, 2.45) is 0 Å². The fourth-order valence-corrected chi connectivity index (χ4v) is 4.78. The third-order valence-corrected chi connectivity index (χ3v) is 6.83. The predicted octanol–water partition coefficient (Wildman–Crippen LogP) is 4.04. The van der Waals surface area contributed by atoms with Crippen molar-refractivity contribution in [2.45, 2.75) is 19.8 Å². The third kappa shape index (κ3) is 4.98. The number of anilines is 2. The molecule has 3 heterocycles. The largest absolute Gasteiger partial charge is 0.459 e. The molecule has 2 aliphatic heterocycles. The summed E-state index contributed by atoms with van der Waals surface area (Å²) in [6, 6.07) is 16.3. The van der Waals surface area contributed by atoms with Crippen LogP contribution in [0.1, 0.15) is 49.7 Å². The second kappa shape index (κ2) is 10.3. The van der Waals surface area contributed by atoms with Crippen LogP contribution in [0.3, 0.4) is 0 Å². The summed E-state index contributed by atoms with van der Waals surface area (Å²) in [4.78, 5) is 44.8. The van der Waals surface area contributed by atoms with Crippen molar-refractivity contribution < 1.29 is 18.8 Å². The number of aryl methyl sites for hydroxylation is 1. The Morgan fingerprint density at radius 1 is 0.806 bits per heavy atom. The number of amides is 3. The molecule has 0 unspecified atom stereocenters. The molecule has 186 valence electrons. The van der Waals surface area contributed by atoms with Crippen LogP contribution in [0.25, 0.3) is 0 Å². The lowest BCUT2D eigenvalue weighted by Crippen LogP contribution is -2.49. The number of nitrogens with zero attached hydrogens (tertiary/aromatic N) is 3. The first-order valence-electron chi connectivity index (χ1n) is 12.4. The van der Waals surface area contributed by atoms with E-state index in [0.29, 0.717) is 43.0 Å². The molecule has 5 rings (SSSR count). The number of hydrogen-bond donors (Lipinski definition) is 1. The topological polar surface area (TPSA) is 86.1 Å². The maximum absolute atomic E-state index is 13.5. The van der Waals surface area contributed by atoms with Crippen LogP contribution >= 0.6 is 0 Å². The molecule has 0 atom stereocenters. The van der Waals surface area contributed by atoms with Crippen molar-refractivity contribution in [2.75, 3.05) is 49.5 Å². The van der Waals surface area contributed by atoms with E-state index >= 15 is 0 Å². The molecule has 2 aromatic carbocycles. The standard InChI is InChI=1S/C28H30N4O4/c1-20-6-8-21(9-7-20)27(34)32-16-14-30(15-17-32)24-11-10-22(29-26(33)25-5-4-18-36-25)19-23(24)28(35)31-12-2-3-13-31/h4-11,18-19H,2-3,12-17H2,1H3,(H,29,33). The molecule has 0 aliphatic carbocycles. The van der Waals surface area contributed by atoms with E-state index in [2.05, 4.69) is 10.2 Å². The van der Waals surface area contributed by atoms with Crippen LogP contribution < -0.4 is 10.2 Å². The van der Waals surface area contributed by atoms with Crippen molar-refractivity contribution in [3.63, 3.8) is 0 Å². The van der Waals surface area contributed by atoms with Crippen molar-refractivity contribution in [1.82, 2.24) is 9.80 Å². The molecule has 0 saturated carbocycles. The summed E-state index contributed by atoms with van der Waals surface area (Å²) in [6.45, 7) is 5.86. The second-order valence-corrected chi connectivity index (χ2v) is 9.31. The molecule has 2 aliphatic rings. The quantitative estimate of drug-likeness (QED) is 0.588. The minimum Gasteiger partial charge on any atom is -0.459 e. The van der Waals surface area contributed by atoms with Crippen LogP contribution in [0.5, 0.6) is 0 Å². The van der Waals surface area contributed by atoms with E-state index in [1.807, 2.05) is 47.1 Å². The van der Waals surface area contributed by atoms with Crippen LogP contribution in [0.15, 0.2) is 65.3 Å². The van der Waals surface area contributed by atoms with E-state index in [1.54, 1.807) is 24.3 Å². The molecule has 1 N–H and O–H groups in total. The molecule has 0 bridgehead atoms. The van der Waals surface area contributed by atoms with Gasteiger partial charge in [0.1, 0.15) is 0 Å². The monoisotopic (exact) mass is 486 g/mol. The van der Waals surface area contributed by atoms with Gasteiger partial charge in [0.05, 0.1) is 11.8 Å². The lowest BCUT2D eigenvalue weighted by molar-refractivity contribution is 0.0743. The van der Waals surface area contributed by atoms with E-state index in [0.717, 1.165) is 37.2 Å². The van der Waals surface area contributed by atoms with Crippen molar-refractivity contribution >= 4 is 29.1 Å². The molecule has 3 aromatic rings. The molecule has 2 fully saturated rings. The van der Waals surface area contributed by atoms with Gasteiger partial charge in [-0.05, 0) is 62.2 Å². The Morgan fingerprint density at radius 2 is 1.50 bits per heavy atom. The third-order valence-electron chi connectivity index (χ3n) is 6.83. The van der Waals surface area contributed by atoms with Gasteiger partial charge in [-0.2, -0.15) is 0 Å². The summed E-state index contributed by atoms with van der Waals surface area (Å²) in [5.74, 6) is -0.162. The number of carbonyl (C=O) groups is 3. The van der Waals surface area contributed by atoms with Crippen molar-refractivity contribution in [1.29, 1.82) is 0 Å². The molecule has 8 heteroatoms. The van der Waals surface area contributed by atoms with E-state index < -0.39 is 0 Å². The Labute approximate surface area is 210 Å². The Kier molecular flexibility index (Phi) is 6.75. The lowest BCUT2D eigenvalue weighted by Gasteiger charge is -2.37. The molecule has 36 heavy (non-hydrogen) atoms. The van der Waals surface area contributed by atoms with Crippen LogP contribution in [-0.4, -0.2) is 66.8 Å². The Bertz CT molecular complexity index is 1240. The fraction of sp³-hybridized carbons (Fsp3) is 0.321. The van der Waals surface area contributed by atoms with E-state index in [1.165, 1.54) is 6.26 Å². The number of furan rings is 1. The normalized spacial score (nSPS) is 15.8. The number of nitrogens with one attached hydrogen (secondary N) is 1. The number of benzene rings is 2. The number of rotatable bonds is 5. The minimum absolute atomic E-state index is 0.0269. The summed E-state index contributed by atoms with van der Waals surface area (Å²) in [6.07, 6.45) is 3.44. The first-order valence-corrected chi connectivity index (χ1v) is 12.4. The van der Waals surface area contributed by atoms with Gasteiger partial charge in [0, 0.05) is 56.2 Å². The number of carbonyl (C=O) groups excluding carboxylic acids is 3. The van der Waals surface area contributed by atoms with Crippen LogP contribution in [0.2, 0.25) is 0 Å². The van der Waals surface area contributed by atoms with Gasteiger partial charge in [0.2, 0.25) is 0 Å². The molecule has 0 spiro atoms. The van der Waals surface area contributed by atoms with Gasteiger partial charge in [-0.3, -0.25) is 14.4 Å². The average Bonchev–Trinajstić information content (AvgIpc) is 3.64. The maximum atomic E-state index is 13.5. The summed E-state index contributed by atoms with van der Waals surface area (Å²) in [5.41, 5.74) is 3.74. The summed E-state index contributed by atoms with van der Waals surface area (Å²) in [5, 5.41) is 2.83. The highest BCUT2D eigenvalue weighted by molar-refractivity contribution is 6.05. The zero-order valence-electron chi connectivity index (χ0n) is 20.4. The molecular formula is C28H30N4O4. The molecule has 8 nitrogen and oxygen atoms in total. The van der Waals surface area contributed by atoms with Gasteiger partial charge >= 0.3 is 0 Å². The Balaban J connectivity index is 1.34. The number of likely N-dealkylation sites (tertiary alicyclic amines) is 1. The number of hydrogen-bond acceptors (Lipinski definition) is 5. The van der Waals surface area contributed by atoms with Crippen molar-refractivity contribution in [3.8, 4) is 0 Å². The van der Waals surface area contributed by atoms with Gasteiger partial charge in [0.15, 0.2) is 5.76 Å². The first kappa shape index (κ1) is 23.7. The zero-order valence-corrected chi connectivity index (χ0v) is 20.4. The van der Waals surface area contributed by atoms with E-state index in [-0.39, 0.29) is 23.5 Å². The maximum Gasteiger partial charge on any atom is 0.291 e. The molecule has 1 aromatic heterocycles. The highest BCUT2D eigenvalue weighted by atomic mass is 16.3. The molecule has 2 saturated heterocycles.